The van der Waals surface area contributed by atoms with E-state index in [1.807, 2.05) is 25.1 Å². The Balaban J connectivity index is 1.62. The van der Waals surface area contributed by atoms with Gasteiger partial charge in [0.1, 0.15) is 17.8 Å². The van der Waals surface area contributed by atoms with Gasteiger partial charge in [0.2, 0.25) is 11.8 Å². The Labute approximate surface area is 346 Å². The highest BCUT2D eigenvalue weighted by Crippen LogP contribution is 2.42. The number of hydrogen-bond donors (Lipinski definition) is 4. The van der Waals surface area contributed by atoms with Crippen molar-refractivity contribution in [3.63, 3.8) is 0 Å². The number of amides is 3. The normalized spacial score (nSPS) is 14.9. The van der Waals surface area contributed by atoms with Gasteiger partial charge in [0, 0.05) is 68.2 Å². The molecule has 3 unspecified atom stereocenters. The quantitative estimate of drug-likeness (QED) is 0.0957. The van der Waals surface area contributed by atoms with E-state index in [2.05, 4.69) is 65.7 Å². The molecule has 4 N–H and O–H groups in total. The molecule has 0 saturated carbocycles. The number of nitrogens with one attached hydrogen (secondary N) is 3. The van der Waals surface area contributed by atoms with E-state index in [0.29, 0.717) is 43.7 Å². The summed E-state index contributed by atoms with van der Waals surface area (Å²) in [4.78, 5) is 56.0. The van der Waals surface area contributed by atoms with E-state index < -0.39 is 34.7 Å². The zero-order valence-electron chi connectivity index (χ0n) is 35.3. The van der Waals surface area contributed by atoms with Gasteiger partial charge in [-0.15, -0.1) is 0 Å². The second-order valence-corrected chi connectivity index (χ2v) is 16.6. The number of ether oxygens (including phenoxy) is 2. The van der Waals surface area contributed by atoms with Crippen molar-refractivity contribution in [2.45, 2.75) is 98.9 Å². The molecule has 1 aliphatic rings. The number of hydrogen-bond acceptors (Lipinski definition) is 10. The van der Waals surface area contributed by atoms with Gasteiger partial charge in [-0.05, 0) is 106 Å². The highest BCUT2D eigenvalue weighted by atomic mass is 16.5. The van der Waals surface area contributed by atoms with E-state index in [9.17, 15) is 29.5 Å². The third kappa shape index (κ3) is 10.3. The number of fused-ring (bicyclic) bond motifs is 1. The smallest absolute Gasteiger partial charge is 0.293 e. The van der Waals surface area contributed by atoms with Crippen molar-refractivity contribution >= 4 is 35.1 Å². The number of benzene rings is 2. The summed E-state index contributed by atoms with van der Waals surface area (Å²) in [5.41, 5.74) is 8.22. The maximum absolute atomic E-state index is 14.1. The molecule has 5 rings (SSSR count). The molecule has 0 aliphatic carbocycles. The molecule has 1 aliphatic heterocycles. The predicted molar refractivity (Wildman–Crippen MR) is 224 cm³/mol. The number of aromatic hydroxyl groups is 1. The fourth-order valence-electron chi connectivity index (χ4n) is 7.82. The third-order valence-electron chi connectivity index (χ3n) is 10.9. The number of aryl methyl sites for hydroxylation is 1. The average Bonchev–Trinajstić information content (AvgIpc) is 3.52. The van der Waals surface area contributed by atoms with E-state index in [-0.39, 0.29) is 30.8 Å². The van der Waals surface area contributed by atoms with Crippen LogP contribution in [0.25, 0.3) is 33.3 Å². The Morgan fingerprint density at radius 2 is 1.85 bits per heavy atom. The summed E-state index contributed by atoms with van der Waals surface area (Å²) in [7, 11) is 1.66. The van der Waals surface area contributed by atoms with Crippen LogP contribution in [0.1, 0.15) is 84.2 Å². The Kier molecular flexibility index (Phi) is 14.2. The van der Waals surface area contributed by atoms with Crippen LogP contribution < -0.4 is 16.1 Å². The largest absolute Gasteiger partial charge is 0.508 e. The number of carbonyl (C=O) groups excluding carboxylic acids is 4. The fourth-order valence-corrected chi connectivity index (χ4v) is 7.82. The molecule has 1 saturated heterocycles. The van der Waals surface area contributed by atoms with E-state index in [0.717, 1.165) is 51.8 Å². The number of hydrazine groups is 1. The monoisotopic (exact) mass is 807 g/mol. The molecule has 0 bridgehead atoms. The summed E-state index contributed by atoms with van der Waals surface area (Å²) in [5, 5.41) is 28.9. The van der Waals surface area contributed by atoms with Crippen LogP contribution in [-0.4, -0.2) is 82.8 Å². The number of pyridine rings is 1. The first-order valence-electron chi connectivity index (χ1n) is 20.1. The van der Waals surface area contributed by atoms with Gasteiger partial charge in [-0.25, -0.2) is 5.43 Å². The minimum absolute atomic E-state index is 0.0141. The molecular formula is C45H57N7O7. The Hall–Kier alpha value is -5.78. The van der Waals surface area contributed by atoms with Crippen molar-refractivity contribution < 1.29 is 33.8 Å². The van der Waals surface area contributed by atoms with Gasteiger partial charge in [-0.3, -0.25) is 29.2 Å². The number of rotatable bonds is 17. The molecule has 1 fully saturated rings. The van der Waals surface area contributed by atoms with Crippen LogP contribution in [0.15, 0.2) is 54.7 Å². The molecule has 3 atom stereocenters. The van der Waals surface area contributed by atoms with Gasteiger partial charge in [-0.1, -0.05) is 26.0 Å². The summed E-state index contributed by atoms with van der Waals surface area (Å²) in [6.07, 6.45) is 3.72. The molecular weight excluding hydrogens is 751 g/mol. The fraction of sp³-hybridized carbons (Fsp3) is 0.467. The lowest BCUT2D eigenvalue weighted by Gasteiger charge is -2.33. The van der Waals surface area contributed by atoms with Gasteiger partial charge in [0.05, 0.1) is 35.6 Å². The van der Waals surface area contributed by atoms with Crippen LogP contribution in [0.5, 0.6) is 5.75 Å². The van der Waals surface area contributed by atoms with Gasteiger partial charge < -0.3 is 29.8 Å². The van der Waals surface area contributed by atoms with Gasteiger partial charge in [-0.2, -0.15) is 5.26 Å². The molecule has 14 nitrogen and oxygen atoms in total. The summed E-state index contributed by atoms with van der Waals surface area (Å²) in [5.74, 6) is -1.57. The SMILES string of the molecule is CCn1c(-c2cccnc2C(C)OC)c(CC(C)(C)COC=O)c2cc(-c3cc(O)cc(CC(NC(=O)C(NC(C)=O)C(C)(C)C#N)C(=O)N4CCCCN4)c3)ccc21. The summed E-state index contributed by atoms with van der Waals surface area (Å²) in [6.45, 7) is 14.9. The Morgan fingerprint density at radius 3 is 2.49 bits per heavy atom. The van der Waals surface area contributed by atoms with Crippen LogP contribution in [0.3, 0.4) is 0 Å². The van der Waals surface area contributed by atoms with Crippen LogP contribution in [-0.2, 0) is 48.0 Å². The highest BCUT2D eigenvalue weighted by molar-refractivity contribution is 5.96. The van der Waals surface area contributed by atoms with Crippen LogP contribution in [0.4, 0.5) is 0 Å². The number of phenols is 1. The van der Waals surface area contributed by atoms with E-state index >= 15 is 0 Å². The van der Waals surface area contributed by atoms with Gasteiger partial charge in [0.15, 0.2) is 0 Å². The predicted octanol–water partition coefficient (Wildman–Crippen LogP) is 5.75. The zero-order valence-corrected chi connectivity index (χ0v) is 35.3. The molecule has 14 heteroatoms. The first kappa shape index (κ1) is 44.3. The van der Waals surface area contributed by atoms with Crippen molar-refractivity contribution in [1.82, 2.24) is 30.6 Å². The standard InChI is InChI=1S/C45H57N7O7/c1-9-51-38-15-14-31(23-35(38)36(24-44(4,5)26-59-27-53)40(51)34-13-12-16-47-39(34)28(2)58-8)32-19-30(20-33(55)22-32)21-37(43(57)52-18-11-10-17-48-52)50-42(56)41(49-29(3)54)45(6,7)25-46/h12-16,19-20,22-23,27-28,37,41,48,55H,9-11,17-18,21,24,26H2,1-8H3,(H,49,54)(H,50,56). The summed E-state index contributed by atoms with van der Waals surface area (Å²) < 4.78 is 13.3. The number of carbonyl (C=O) groups is 4. The molecule has 4 aromatic rings. The number of nitrogens with zero attached hydrogens (tertiary/aromatic N) is 4. The van der Waals surface area contributed by atoms with E-state index in [1.54, 1.807) is 39.3 Å². The highest BCUT2D eigenvalue weighted by Gasteiger charge is 2.39. The minimum Gasteiger partial charge on any atom is -0.508 e. The van der Waals surface area contributed by atoms with Crippen molar-refractivity contribution in [2.75, 3.05) is 26.8 Å². The molecule has 59 heavy (non-hydrogen) atoms. The molecule has 3 amide bonds. The number of aromatic nitrogens is 2. The van der Waals surface area contributed by atoms with Crippen molar-refractivity contribution in [3.05, 3.63) is 71.5 Å². The second kappa shape index (κ2) is 18.9. The zero-order chi connectivity index (χ0) is 43.1. The van der Waals surface area contributed by atoms with E-state index in [4.69, 9.17) is 14.5 Å². The van der Waals surface area contributed by atoms with Gasteiger partial charge >= 0.3 is 0 Å². The molecule has 2 aromatic heterocycles. The Morgan fingerprint density at radius 1 is 1.08 bits per heavy atom. The number of methoxy groups -OCH3 is 1. The van der Waals surface area contributed by atoms with Crippen molar-refractivity contribution in [3.8, 4) is 34.2 Å². The minimum atomic E-state index is -1.28. The molecule has 0 radical (unpaired) electrons. The molecule has 3 heterocycles. The maximum atomic E-state index is 14.1. The van der Waals surface area contributed by atoms with Crippen LogP contribution >= 0.6 is 0 Å². The summed E-state index contributed by atoms with van der Waals surface area (Å²) in [6, 6.07) is 15.0. The first-order chi connectivity index (χ1) is 28.0. The summed E-state index contributed by atoms with van der Waals surface area (Å²) >= 11 is 0. The maximum Gasteiger partial charge on any atom is 0.293 e. The molecule has 2 aromatic carbocycles. The van der Waals surface area contributed by atoms with E-state index in [1.165, 1.54) is 11.9 Å². The first-order valence-corrected chi connectivity index (χ1v) is 20.1. The number of nitriles is 1. The Bertz CT molecular complexity index is 2220. The second-order valence-electron chi connectivity index (χ2n) is 16.6. The average molecular weight is 808 g/mol. The van der Waals surface area contributed by atoms with Gasteiger partial charge in [0.25, 0.3) is 12.4 Å². The van der Waals surface area contributed by atoms with Crippen molar-refractivity contribution in [2.24, 2.45) is 10.8 Å². The number of phenolic OH excluding ortho intramolecular Hbond substituents is 1. The third-order valence-corrected chi connectivity index (χ3v) is 10.9. The molecule has 0 spiro atoms. The lowest BCUT2D eigenvalue weighted by molar-refractivity contribution is -0.141. The molecule has 314 valence electrons. The topological polar surface area (TPSA) is 188 Å². The van der Waals surface area contributed by atoms with Crippen LogP contribution in [0.2, 0.25) is 0 Å². The lowest BCUT2D eigenvalue weighted by Crippen LogP contribution is -2.60. The lowest BCUT2D eigenvalue weighted by atomic mass is 9.84. The van der Waals surface area contributed by atoms with Crippen molar-refractivity contribution in [1.29, 1.82) is 5.26 Å². The van der Waals surface area contributed by atoms with Crippen LogP contribution in [0, 0.1) is 22.2 Å².